The molecule has 1 atom stereocenters. The van der Waals surface area contributed by atoms with Crippen LogP contribution in [0.25, 0.3) is 0 Å². The summed E-state index contributed by atoms with van der Waals surface area (Å²) < 4.78 is 37.8. The first kappa shape index (κ1) is 18.9. The zero-order valence-corrected chi connectivity index (χ0v) is 13.8. The highest BCUT2D eigenvalue weighted by molar-refractivity contribution is 5.98. The summed E-state index contributed by atoms with van der Waals surface area (Å²) in [6.07, 6.45) is -0.980. The second-order valence-corrected chi connectivity index (χ2v) is 5.88. The van der Waals surface area contributed by atoms with Crippen molar-refractivity contribution in [3.63, 3.8) is 0 Å². The van der Waals surface area contributed by atoms with E-state index in [1.54, 1.807) is 0 Å². The lowest BCUT2D eigenvalue weighted by molar-refractivity contribution is -0.164. The highest BCUT2D eigenvalue weighted by Crippen LogP contribution is 2.24. The molecule has 1 aromatic rings. The predicted octanol–water partition coefficient (Wildman–Crippen LogP) is 1.32. The summed E-state index contributed by atoms with van der Waals surface area (Å²) in [6.45, 7) is 0.634. The summed E-state index contributed by atoms with van der Waals surface area (Å²) in [7, 11) is 0. The summed E-state index contributed by atoms with van der Waals surface area (Å²) in [4.78, 5) is 34.6. The Balaban J connectivity index is 2.08. The van der Waals surface area contributed by atoms with Crippen LogP contribution in [0.4, 0.5) is 19.0 Å². The number of carbonyl (C=O) groups is 2. The molecule has 2 N–H and O–H groups in total. The Morgan fingerprint density at radius 2 is 2.16 bits per heavy atom. The predicted molar refractivity (Wildman–Crippen MR) is 83.4 cm³/mol. The number of carbonyl (C=O) groups excluding carboxylic acids is 2. The van der Waals surface area contributed by atoms with Gasteiger partial charge in [0.1, 0.15) is 18.7 Å². The molecule has 1 aromatic heterocycles. The minimum Gasteiger partial charge on any atom is -0.383 e. The van der Waals surface area contributed by atoms with Crippen molar-refractivity contribution >= 4 is 17.6 Å². The van der Waals surface area contributed by atoms with Gasteiger partial charge in [0.15, 0.2) is 0 Å². The number of nitrogens with two attached hydrogens (primary N) is 1. The molecule has 138 valence electrons. The quantitative estimate of drug-likeness (QED) is 0.875. The Labute approximate surface area is 143 Å². The molecule has 10 heteroatoms. The molecule has 2 heterocycles. The van der Waals surface area contributed by atoms with Crippen LogP contribution in [0.2, 0.25) is 0 Å². The van der Waals surface area contributed by atoms with Gasteiger partial charge in [-0.3, -0.25) is 9.59 Å². The van der Waals surface area contributed by atoms with Crippen LogP contribution in [0, 0.1) is 5.92 Å². The topological polar surface area (TPSA) is 92.4 Å². The first-order valence-electron chi connectivity index (χ1n) is 7.93. The fourth-order valence-electron chi connectivity index (χ4n) is 2.86. The Morgan fingerprint density at radius 3 is 2.76 bits per heavy atom. The molecular weight excluding hydrogens is 339 g/mol. The number of alkyl halides is 3. The summed E-state index contributed by atoms with van der Waals surface area (Å²) >= 11 is 0. The van der Waals surface area contributed by atoms with E-state index in [2.05, 4.69) is 9.97 Å². The number of amides is 2. The highest BCUT2D eigenvalue weighted by Gasteiger charge is 2.37. The standard InChI is InChI=1S/C15H20F3N5O2/c1-2-22(8-15(16,17)18)13(24)10-4-3-5-23(7-10)14(25)11-6-20-9-21-12(11)19/h6,9-10H,2-5,7-8H2,1H3,(H2,19,20,21). The third-order valence-corrected chi connectivity index (χ3v) is 4.09. The number of nitrogen functional groups attached to an aromatic ring is 1. The van der Waals surface area contributed by atoms with Crippen molar-refractivity contribution in [3.8, 4) is 0 Å². The van der Waals surface area contributed by atoms with Crippen molar-refractivity contribution < 1.29 is 22.8 Å². The van der Waals surface area contributed by atoms with Crippen molar-refractivity contribution in [3.05, 3.63) is 18.1 Å². The van der Waals surface area contributed by atoms with Crippen LogP contribution < -0.4 is 5.73 Å². The number of hydrogen-bond donors (Lipinski definition) is 1. The fourth-order valence-corrected chi connectivity index (χ4v) is 2.86. The zero-order valence-electron chi connectivity index (χ0n) is 13.8. The van der Waals surface area contributed by atoms with Crippen LogP contribution in [-0.4, -0.2) is 63.9 Å². The van der Waals surface area contributed by atoms with E-state index in [-0.39, 0.29) is 24.5 Å². The minimum atomic E-state index is -4.45. The van der Waals surface area contributed by atoms with Gasteiger partial charge in [0.25, 0.3) is 5.91 Å². The van der Waals surface area contributed by atoms with Gasteiger partial charge in [0, 0.05) is 25.8 Å². The average molecular weight is 359 g/mol. The number of piperidine rings is 1. The summed E-state index contributed by atoms with van der Waals surface area (Å²) in [5, 5.41) is 0. The third kappa shape index (κ3) is 4.80. The molecule has 1 fully saturated rings. The molecule has 1 unspecified atom stereocenters. The SMILES string of the molecule is CCN(CC(F)(F)F)C(=O)C1CCCN(C(=O)c2cncnc2N)C1. The largest absolute Gasteiger partial charge is 0.406 e. The van der Waals surface area contributed by atoms with Gasteiger partial charge >= 0.3 is 6.18 Å². The molecule has 0 saturated carbocycles. The van der Waals surface area contributed by atoms with Gasteiger partial charge in [0.2, 0.25) is 5.91 Å². The Hall–Kier alpha value is -2.39. The number of nitrogens with zero attached hydrogens (tertiary/aromatic N) is 4. The van der Waals surface area contributed by atoms with Crippen LogP contribution in [0.5, 0.6) is 0 Å². The maximum atomic E-state index is 12.6. The monoisotopic (exact) mass is 359 g/mol. The van der Waals surface area contributed by atoms with Crippen molar-refractivity contribution in [1.82, 2.24) is 19.8 Å². The highest BCUT2D eigenvalue weighted by atomic mass is 19.4. The number of anilines is 1. The van der Waals surface area contributed by atoms with Crippen LogP contribution in [-0.2, 0) is 4.79 Å². The van der Waals surface area contributed by atoms with E-state index in [0.717, 1.165) is 4.90 Å². The van der Waals surface area contributed by atoms with Crippen molar-refractivity contribution in [2.45, 2.75) is 25.9 Å². The number of rotatable bonds is 4. The first-order chi connectivity index (χ1) is 11.7. The van der Waals surface area contributed by atoms with E-state index in [1.807, 2.05) is 0 Å². The minimum absolute atomic E-state index is 0.0284. The Bertz CT molecular complexity index is 638. The first-order valence-corrected chi connectivity index (χ1v) is 7.93. The van der Waals surface area contributed by atoms with Gasteiger partial charge in [-0.25, -0.2) is 9.97 Å². The smallest absolute Gasteiger partial charge is 0.383 e. The molecular formula is C15H20F3N5O2. The lowest BCUT2D eigenvalue weighted by atomic mass is 9.96. The van der Waals surface area contributed by atoms with Gasteiger partial charge in [-0.2, -0.15) is 13.2 Å². The average Bonchev–Trinajstić information content (AvgIpc) is 2.58. The lowest BCUT2D eigenvalue weighted by Crippen LogP contribution is -2.48. The summed E-state index contributed by atoms with van der Waals surface area (Å²) in [5.41, 5.74) is 5.79. The molecule has 1 aliphatic heterocycles. The van der Waals surface area contributed by atoms with E-state index >= 15 is 0 Å². The molecule has 0 radical (unpaired) electrons. The Kier molecular flexibility index (Phi) is 5.81. The molecule has 0 aromatic carbocycles. The van der Waals surface area contributed by atoms with Crippen LogP contribution >= 0.6 is 0 Å². The van der Waals surface area contributed by atoms with E-state index in [9.17, 15) is 22.8 Å². The van der Waals surface area contributed by atoms with Gasteiger partial charge in [0.05, 0.1) is 11.5 Å². The van der Waals surface area contributed by atoms with Gasteiger partial charge in [-0.05, 0) is 19.8 Å². The van der Waals surface area contributed by atoms with Gasteiger partial charge < -0.3 is 15.5 Å². The number of halogens is 3. The van der Waals surface area contributed by atoms with Crippen LogP contribution in [0.1, 0.15) is 30.1 Å². The van der Waals surface area contributed by atoms with Crippen molar-refractivity contribution in [2.24, 2.45) is 5.92 Å². The van der Waals surface area contributed by atoms with Crippen LogP contribution in [0.3, 0.4) is 0 Å². The van der Waals surface area contributed by atoms with Crippen molar-refractivity contribution in [2.75, 3.05) is 31.9 Å². The molecule has 0 aliphatic carbocycles. The number of aromatic nitrogens is 2. The molecule has 2 rings (SSSR count). The Morgan fingerprint density at radius 1 is 1.44 bits per heavy atom. The molecule has 7 nitrogen and oxygen atoms in total. The van der Waals surface area contributed by atoms with Crippen molar-refractivity contribution in [1.29, 1.82) is 0 Å². The number of likely N-dealkylation sites (tertiary alicyclic amines) is 1. The number of hydrogen-bond acceptors (Lipinski definition) is 5. The van der Waals surface area contributed by atoms with E-state index in [0.29, 0.717) is 19.4 Å². The van der Waals surface area contributed by atoms with E-state index in [1.165, 1.54) is 24.3 Å². The van der Waals surface area contributed by atoms with E-state index < -0.39 is 30.5 Å². The maximum absolute atomic E-state index is 12.6. The fraction of sp³-hybridized carbons (Fsp3) is 0.600. The second-order valence-electron chi connectivity index (χ2n) is 5.88. The van der Waals surface area contributed by atoms with Gasteiger partial charge in [-0.15, -0.1) is 0 Å². The van der Waals surface area contributed by atoms with Gasteiger partial charge in [-0.1, -0.05) is 0 Å². The zero-order chi connectivity index (χ0) is 18.6. The molecule has 2 amide bonds. The third-order valence-electron chi connectivity index (χ3n) is 4.09. The normalized spacial score (nSPS) is 18.1. The molecule has 0 bridgehead atoms. The lowest BCUT2D eigenvalue weighted by Gasteiger charge is -2.35. The summed E-state index contributed by atoms with van der Waals surface area (Å²) in [5.74, 6) is -1.64. The molecule has 25 heavy (non-hydrogen) atoms. The second kappa shape index (κ2) is 7.66. The van der Waals surface area contributed by atoms with E-state index in [4.69, 9.17) is 5.73 Å². The summed E-state index contributed by atoms with van der Waals surface area (Å²) in [6, 6.07) is 0. The molecule has 0 spiro atoms. The maximum Gasteiger partial charge on any atom is 0.406 e. The molecule has 1 saturated heterocycles. The van der Waals surface area contributed by atoms with Crippen LogP contribution in [0.15, 0.2) is 12.5 Å². The molecule has 1 aliphatic rings.